The Hall–Kier alpha value is -3.61. The van der Waals surface area contributed by atoms with Crippen molar-refractivity contribution in [3.63, 3.8) is 0 Å². The molecule has 2 amide bonds. The summed E-state index contributed by atoms with van der Waals surface area (Å²) in [5, 5.41) is 2.62. The van der Waals surface area contributed by atoms with E-state index in [4.69, 9.17) is 9.47 Å². The molecule has 1 aliphatic rings. The molecule has 0 saturated carbocycles. The fourth-order valence-corrected chi connectivity index (χ4v) is 3.32. The monoisotopic (exact) mass is 422 g/mol. The summed E-state index contributed by atoms with van der Waals surface area (Å²) < 4.78 is 10.2. The van der Waals surface area contributed by atoms with Gasteiger partial charge in [-0.3, -0.25) is 14.4 Å². The number of carbonyl (C=O) groups is 3. The van der Waals surface area contributed by atoms with Crippen molar-refractivity contribution in [1.82, 2.24) is 5.32 Å². The molecule has 0 atom stereocenters. The molecule has 0 spiro atoms. The van der Waals surface area contributed by atoms with Crippen LogP contribution in [0.5, 0.6) is 5.75 Å². The highest BCUT2D eigenvalue weighted by atomic mass is 16.5. The van der Waals surface area contributed by atoms with Crippen molar-refractivity contribution in [1.29, 1.82) is 0 Å². The maximum Gasteiger partial charge on any atom is 0.308 e. The van der Waals surface area contributed by atoms with E-state index in [9.17, 15) is 14.4 Å². The zero-order valence-corrected chi connectivity index (χ0v) is 17.5. The summed E-state index contributed by atoms with van der Waals surface area (Å²) >= 11 is 0. The number of aryl methyl sites for hydroxylation is 1. The van der Waals surface area contributed by atoms with Crippen molar-refractivity contribution >= 4 is 29.5 Å². The molecule has 3 rings (SSSR count). The number of anilines is 1. The van der Waals surface area contributed by atoms with Crippen LogP contribution in [0.3, 0.4) is 0 Å². The maximum absolute atomic E-state index is 12.5. The lowest BCUT2D eigenvalue weighted by Gasteiger charge is -2.29. The minimum Gasteiger partial charge on any atom is -0.497 e. The fourth-order valence-electron chi connectivity index (χ4n) is 3.32. The number of fused-ring (bicyclic) bond motifs is 1. The third-order valence-electron chi connectivity index (χ3n) is 4.94. The van der Waals surface area contributed by atoms with E-state index >= 15 is 0 Å². The van der Waals surface area contributed by atoms with Crippen molar-refractivity contribution in [2.24, 2.45) is 0 Å². The van der Waals surface area contributed by atoms with Gasteiger partial charge in [0.15, 0.2) is 6.61 Å². The standard InChI is InChI=1S/C24H26N2O5/c1-30-20-11-8-18(9-12-20)10-13-22(27)25-15-14-24(29)31-17-23(28)26-16-4-6-19-5-2-3-7-21(19)26/h2-3,5,7-13H,4,6,14-17H2,1H3,(H,25,27)/b13-10+. The highest BCUT2D eigenvalue weighted by molar-refractivity contribution is 5.96. The van der Waals surface area contributed by atoms with Crippen LogP contribution < -0.4 is 15.0 Å². The Labute approximate surface area is 181 Å². The van der Waals surface area contributed by atoms with Crippen molar-refractivity contribution in [3.05, 3.63) is 65.7 Å². The molecule has 7 nitrogen and oxygen atoms in total. The van der Waals surface area contributed by atoms with Gasteiger partial charge in [-0.05, 0) is 48.2 Å². The van der Waals surface area contributed by atoms with Crippen molar-refractivity contribution < 1.29 is 23.9 Å². The second kappa shape index (κ2) is 11.0. The first kappa shape index (κ1) is 22.1. The van der Waals surface area contributed by atoms with Gasteiger partial charge in [-0.1, -0.05) is 30.3 Å². The summed E-state index contributed by atoms with van der Waals surface area (Å²) in [6.07, 6.45) is 4.87. The van der Waals surface area contributed by atoms with Crippen LogP contribution in [0, 0.1) is 0 Å². The quantitative estimate of drug-likeness (QED) is 0.522. The predicted octanol–water partition coefficient (Wildman–Crippen LogP) is 2.74. The van der Waals surface area contributed by atoms with Crippen LogP contribution in [0.2, 0.25) is 0 Å². The van der Waals surface area contributed by atoms with Crippen LogP contribution in [0.4, 0.5) is 5.69 Å². The second-order valence-corrected chi connectivity index (χ2v) is 7.09. The summed E-state index contributed by atoms with van der Waals surface area (Å²) in [5.41, 5.74) is 2.86. The topological polar surface area (TPSA) is 84.9 Å². The number of esters is 1. The molecule has 1 aliphatic heterocycles. The van der Waals surface area contributed by atoms with Crippen LogP contribution in [-0.4, -0.2) is 44.6 Å². The summed E-state index contributed by atoms with van der Waals surface area (Å²) in [6, 6.07) is 15.0. The van der Waals surface area contributed by atoms with Gasteiger partial charge >= 0.3 is 5.97 Å². The highest BCUT2D eigenvalue weighted by Crippen LogP contribution is 2.26. The molecular weight excluding hydrogens is 396 g/mol. The lowest BCUT2D eigenvalue weighted by atomic mass is 10.0. The number of amides is 2. The molecule has 1 N–H and O–H groups in total. The van der Waals surface area contributed by atoms with Crippen molar-refractivity contribution in [2.45, 2.75) is 19.3 Å². The first-order valence-electron chi connectivity index (χ1n) is 10.2. The summed E-state index contributed by atoms with van der Waals surface area (Å²) in [4.78, 5) is 37.9. The molecule has 7 heteroatoms. The van der Waals surface area contributed by atoms with Crippen LogP contribution >= 0.6 is 0 Å². The van der Waals surface area contributed by atoms with E-state index in [2.05, 4.69) is 5.32 Å². The Balaban J connectivity index is 1.37. The third-order valence-corrected chi connectivity index (χ3v) is 4.94. The third kappa shape index (κ3) is 6.44. The number of hydrogen-bond acceptors (Lipinski definition) is 5. The lowest BCUT2D eigenvalue weighted by Crippen LogP contribution is -2.38. The van der Waals surface area contributed by atoms with Gasteiger partial charge in [0, 0.05) is 24.9 Å². The van der Waals surface area contributed by atoms with E-state index in [0.717, 1.165) is 35.4 Å². The van der Waals surface area contributed by atoms with E-state index in [1.807, 2.05) is 36.4 Å². The van der Waals surface area contributed by atoms with Gasteiger partial charge in [0.2, 0.25) is 5.91 Å². The second-order valence-electron chi connectivity index (χ2n) is 7.09. The summed E-state index contributed by atoms with van der Waals surface area (Å²) in [5.74, 6) is -0.349. The van der Waals surface area contributed by atoms with Crippen LogP contribution in [0.1, 0.15) is 24.0 Å². The Morgan fingerprint density at radius 3 is 2.65 bits per heavy atom. The molecular formula is C24H26N2O5. The lowest BCUT2D eigenvalue weighted by molar-refractivity contribution is -0.147. The van der Waals surface area contributed by atoms with Gasteiger partial charge < -0.3 is 19.7 Å². The molecule has 162 valence electrons. The predicted molar refractivity (Wildman–Crippen MR) is 118 cm³/mol. The molecule has 0 saturated heterocycles. The highest BCUT2D eigenvalue weighted by Gasteiger charge is 2.22. The van der Waals surface area contributed by atoms with Gasteiger partial charge in [0.25, 0.3) is 5.91 Å². The molecule has 0 aliphatic carbocycles. The zero-order valence-electron chi connectivity index (χ0n) is 17.5. The Kier molecular flexibility index (Phi) is 7.81. The van der Waals surface area contributed by atoms with E-state index < -0.39 is 5.97 Å². The number of hydrogen-bond donors (Lipinski definition) is 1. The normalized spacial score (nSPS) is 12.9. The van der Waals surface area contributed by atoms with Crippen LogP contribution in [0.25, 0.3) is 6.08 Å². The largest absolute Gasteiger partial charge is 0.497 e. The number of benzene rings is 2. The Morgan fingerprint density at radius 1 is 1.10 bits per heavy atom. The SMILES string of the molecule is COc1ccc(/C=C/C(=O)NCCC(=O)OCC(=O)N2CCCc3ccccc32)cc1. The molecule has 0 unspecified atom stereocenters. The molecule has 0 bridgehead atoms. The zero-order chi connectivity index (χ0) is 22.1. The summed E-state index contributed by atoms with van der Waals surface area (Å²) in [7, 11) is 1.59. The van der Waals surface area contributed by atoms with Crippen LogP contribution in [-0.2, 0) is 25.5 Å². The Morgan fingerprint density at radius 2 is 1.87 bits per heavy atom. The van der Waals surface area contributed by atoms with Crippen molar-refractivity contribution in [2.75, 3.05) is 31.7 Å². The number of nitrogens with one attached hydrogen (secondary N) is 1. The van der Waals surface area contributed by atoms with E-state index in [1.54, 1.807) is 30.2 Å². The van der Waals surface area contributed by atoms with Crippen molar-refractivity contribution in [3.8, 4) is 5.75 Å². The number of ether oxygens (including phenoxy) is 2. The van der Waals surface area contributed by atoms with E-state index in [-0.39, 0.29) is 31.4 Å². The number of carbonyl (C=O) groups excluding carboxylic acids is 3. The Bertz CT molecular complexity index is 953. The number of rotatable bonds is 8. The molecule has 0 radical (unpaired) electrons. The average molecular weight is 422 g/mol. The first-order valence-corrected chi connectivity index (χ1v) is 10.2. The smallest absolute Gasteiger partial charge is 0.308 e. The number of methoxy groups -OCH3 is 1. The van der Waals surface area contributed by atoms with E-state index in [1.165, 1.54) is 6.08 Å². The molecule has 31 heavy (non-hydrogen) atoms. The van der Waals surface area contributed by atoms with Gasteiger partial charge in [0.1, 0.15) is 5.75 Å². The van der Waals surface area contributed by atoms with Gasteiger partial charge in [-0.2, -0.15) is 0 Å². The van der Waals surface area contributed by atoms with Gasteiger partial charge in [-0.25, -0.2) is 0 Å². The van der Waals surface area contributed by atoms with Crippen LogP contribution in [0.15, 0.2) is 54.6 Å². The maximum atomic E-state index is 12.5. The number of para-hydroxylation sites is 1. The molecule has 2 aromatic rings. The minimum atomic E-state index is -0.530. The van der Waals surface area contributed by atoms with Gasteiger partial charge in [-0.15, -0.1) is 0 Å². The molecule has 0 aromatic heterocycles. The molecule has 2 aromatic carbocycles. The van der Waals surface area contributed by atoms with E-state index in [0.29, 0.717) is 6.54 Å². The summed E-state index contributed by atoms with van der Waals surface area (Å²) in [6.45, 7) is 0.438. The molecule has 1 heterocycles. The average Bonchev–Trinajstić information content (AvgIpc) is 2.81. The van der Waals surface area contributed by atoms with Gasteiger partial charge in [0.05, 0.1) is 13.5 Å². The fraction of sp³-hybridized carbons (Fsp3) is 0.292. The number of nitrogens with zero attached hydrogens (tertiary/aromatic N) is 1. The molecule has 0 fully saturated rings. The first-order chi connectivity index (χ1) is 15.1. The minimum absolute atomic E-state index is 0.00795.